The van der Waals surface area contributed by atoms with Crippen LogP contribution in [-0.2, 0) is 0 Å². The third-order valence-electron chi connectivity index (χ3n) is 2.08. The van der Waals surface area contributed by atoms with Gasteiger partial charge in [0.25, 0.3) is 5.56 Å². The first kappa shape index (κ1) is 9.45. The minimum Gasteiger partial charge on any atom is -0.336 e. The van der Waals surface area contributed by atoms with Crippen molar-refractivity contribution in [3.8, 4) is 0 Å². The molecule has 0 aliphatic heterocycles. The summed E-state index contributed by atoms with van der Waals surface area (Å²) in [5.74, 6) is 0.703. The van der Waals surface area contributed by atoms with Crippen LogP contribution in [-0.4, -0.2) is 9.97 Å². The molecular formula is C11H11N3O. The lowest BCUT2D eigenvalue weighted by Gasteiger charge is -2.06. The Balaban J connectivity index is 2.34. The first-order valence-electron chi connectivity index (χ1n) is 4.64. The monoisotopic (exact) mass is 201 g/mol. The summed E-state index contributed by atoms with van der Waals surface area (Å²) < 4.78 is 0. The molecule has 0 aromatic carbocycles. The fourth-order valence-electron chi connectivity index (χ4n) is 1.26. The summed E-state index contributed by atoms with van der Waals surface area (Å²) in [6, 6.07) is 7.27. The Bertz CT molecular complexity index is 519. The molecule has 4 heteroatoms. The zero-order valence-electron chi connectivity index (χ0n) is 8.32. The van der Waals surface area contributed by atoms with Crippen molar-refractivity contribution in [2.75, 3.05) is 5.32 Å². The quantitative estimate of drug-likeness (QED) is 0.779. The lowest BCUT2D eigenvalue weighted by molar-refractivity contribution is 1.20. The number of H-pyrrole nitrogens is 1. The molecule has 2 aromatic heterocycles. The van der Waals surface area contributed by atoms with Gasteiger partial charge in [-0.25, -0.2) is 4.98 Å². The van der Waals surface area contributed by atoms with Gasteiger partial charge in [-0.05, 0) is 30.7 Å². The summed E-state index contributed by atoms with van der Waals surface area (Å²) in [6.45, 7) is 1.94. The van der Waals surface area contributed by atoms with Crippen molar-refractivity contribution >= 4 is 11.5 Å². The van der Waals surface area contributed by atoms with Gasteiger partial charge in [-0.2, -0.15) is 0 Å². The molecule has 0 aliphatic rings. The molecule has 0 unspecified atom stereocenters. The molecule has 76 valence electrons. The molecule has 2 aromatic rings. The summed E-state index contributed by atoms with van der Waals surface area (Å²) in [5.41, 5.74) is 1.35. The molecule has 0 atom stereocenters. The van der Waals surface area contributed by atoms with Crippen molar-refractivity contribution in [1.82, 2.24) is 9.97 Å². The topological polar surface area (TPSA) is 57.8 Å². The van der Waals surface area contributed by atoms with Gasteiger partial charge in [0.1, 0.15) is 11.5 Å². The van der Waals surface area contributed by atoms with E-state index in [1.165, 1.54) is 0 Å². The summed E-state index contributed by atoms with van der Waals surface area (Å²) in [7, 11) is 0. The Morgan fingerprint density at radius 3 is 2.93 bits per heavy atom. The van der Waals surface area contributed by atoms with Crippen LogP contribution < -0.4 is 10.9 Å². The van der Waals surface area contributed by atoms with E-state index in [0.717, 1.165) is 5.56 Å². The standard InChI is InChI=1S/C11H11N3O/c1-8-4-2-6-12-10(8)14-9-5-3-7-13-11(9)15/h2-7H,1H3,(H,12,14)(H,13,15). The molecule has 0 saturated heterocycles. The maximum absolute atomic E-state index is 11.4. The zero-order chi connectivity index (χ0) is 10.7. The summed E-state index contributed by atoms with van der Waals surface area (Å²) in [5, 5.41) is 2.99. The predicted octanol–water partition coefficient (Wildman–Crippen LogP) is 1.82. The van der Waals surface area contributed by atoms with E-state index >= 15 is 0 Å². The fourth-order valence-corrected chi connectivity index (χ4v) is 1.26. The van der Waals surface area contributed by atoms with Crippen molar-refractivity contribution in [3.63, 3.8) is 0 Å². The molecule has 2 heterocycles. The average molecular weight is 201 g/mol. The van der Waals surface area contributed by atoms with Crippen molar-refractivity contribution in [2.45, 2.75) is 6.92 Å². The summed E-state index contributed by atoms with van der Waals surface area (Å²) in [6.07, 6.45) is 3.28. The molecule has 2 N–H and O–H groups in total. The molecule has 0 radical (unpaired) electrons. The number of hydrogen-bond donors (Lipinski definition) is 2. The number of nitrogens with zero attached hydrogens (tertiary/aromatic N) is 1. The van der Waals surface area contributed by atoms with E-state index in [-0.39, 0.29) is 5.56 Å². The van der Waals surface area contributed by atoms with Gasteiger partial charge >= 0.3 is 0 Å². The van der Waals surface area contributed by atoms with Gasteiger partial charge < -0.3 is 10.3 Å². The minimum atomic E-state index is -0.150. The molecule has 0 saturated carbocycles. The smallest absolute Gasteiger partial charge is 0.271 e. The Labute approximate surface area is 87.0 Å². The number of anilines is 2. The van der Waals surface area contributed by atoms with Crippen LogP contribution >= 0.6 is 0 Å². The molecule has 0 aliphatic carbocycles. The van der Waals surface area contributed by atoms with E-state index in [4.69, 9.17) is 0 Å². The second-order valence-electron chi connectivity index (χ2n) is 3.21. The third-order valence-corrected chi connectivity index (χ3v) is 2.08. The van der Waals surface area contributed by atoms with Crippen molar-refractivity contribution in [2.24, 2.45) is 0 Å². The largest absolute Gasteiger partial charge is 0.336 e. The van der Waals surface area contributed by atoms with Crippen LogP contribution in [0.5, 0.6) is 0 Å². The van der Waals surface area contributed by atoms with Crippen LogP contribution in [0.1, 0.15) is 5.56 Å². The number of aryl methyl sites for hydroxylation is 1. The van der Waals surface area contributed by atoms with Crippen LogP contribution in [0.3, 0.4) is 0 Å². The highest BCUT2D eigenvalue weighted by atomic mass is 16.1. The normalized spacial score (nSPS) is 9.93. The number of nitrogens with one attached hydrogen (secondary N) is 2. The van der Waals surface area contributed by atoms with E-state index in [0.29, 0.717) is 11.5 Å². The van der Waals surface area contributed by atoms with Gasteiger partial charge in [-0.3, -0.25) is 4.79 Å². The van der Waals surface area contributed by atoms with E-state index in [1.807, 2.05) is 19.1 Å². The second-order valence-corrected chi connectivity index (χ2v) is 3.21. The van der Waals surface area contributed by atoms with Gasteiger partial charge in [0, 0.05) is 12.4 Å². The second kappa shape index (κ2) is 3.96. The Morgan fingerprint density at radius 1 is 1.33 bits per heavy atom. The summed E-state index contributed by atoms with van der Waals surface area (Å²) >= 11 is 0. The Hall–Kier alpha value is -2.10. The molecule has 2 rings (SSSR count). The van der Waals surface area contributed by atoms with E-state index < -0.39 is 0 Å². The van der Waals surface area contributed by atoms with Crippen molar-refractivity contribution in [3.05, 3.63) is 52.6 Å². The highest BCUT2D eigenvalue weighted by Crippen LogP contribution is 2.13. The van der Waals surface area contributed by atoms with Crippen molar-refractivity contribution < 1.29 is 0 Å². The van der Waals surface area contributed by atoms with Gasteiger partial charge in [0.05, 0.1) is 0 Å². The lowest BCUT2D eigenvalue weighted by Crippen LogP contribution is -2.11. The predicted molar refractivity (Wildman–Crippen MR) is 59.3 cm³/mol. The lowest BCUT2D eigenvalue weighted by atomic mass is 10.3. The van der Waals surface area contributed by atoms with Gasteiger partial charge in [0.2, 0.25) is 0 Å². The zero-order valence-corrected chi connectivity index (χ0v) is 8.32. The maximum Gasteiger partial charge on any atom is 0.271 e. The third kappa shape index (κ3) is 2.04. The molecule has 15 heavy (non-hydrogen) atoms. The van der Waals surface area contributed by atoms with Gasteiger partial charge in [0.15, 0.2) is 0 Å². The minimum absolute atomic E-state index is 0.150. The average Bonchev–Trinajstić information content (AvgIpc) is 2.24. The van der Waals surface area contributed by atoms with Gasteiger partial charge in [-0.1, -0.05) is 6.07 Å². The molecule has 0 bridgehead atoms. The van der Waals surface area contributed by atoms with Crippen LogP contribution in [0.15, 0.2) is 41.5 Å². The van der Waals surface area contributed by atoms with Crippen LogP contribution in [0.2, 0.25) is 0 Å². The first-order chi connectivity index (χ1) is 7.27. The highest BCUT2D eigenvalue weighted by Gasteiger charge is 2.01. The van der Waals surface area contributed by atoms with Crippen molar-refractivity contribution in [1.29, 1.82) is 0 Å². The summed E-state index contributed by atoms with van der Waals surface area (Å²) in [4.78, 5) is 18.1. The highest BCUT2D eigenvalue weighted by molar-refractivity contribution is 5.57. The van der Waals surface area contributed by atoms with Gasteiger partial charge in [-0.15, -0.1) is 0 Å². The van der Waals surface area contributed by atoms with Crippen LogP contribution in [0.4, 0.5) is 11.5 Å². The van der Waals surface area contributed by atoms with Crippen LogP contribution in [0.25, 0.3) is 0 Å². The molecule has 0 spiro atoms. The maximum atomic E-state index is 11.4. The van der Waals surface area contributed by atoms with Crippen LogP contribution in [0, 0.1) is 6.92 Å². The SMILES string of the molecule is Cc1cccnc1Nc1ccc[nH]c1=O. The number of aromatic nitrogens is 2. The molecule has 4 nitrogen and oxygen atoms in total. The molecular weight excluding hydrogens is 190 g/mol. The van der Waals surface area contributed by atoms with E-state index in [1.54, 1.807) is 24.5 Å². The molecule has 0 amide bonds. The number of hydrogen-bond acceptors (Lipinski definition) is 3. The fraction of sp³-hybridized carbons (Fsp3) is 0.0909. The van der Waals surface area contributed by atoms with E-state index in [9.17, 15) is 4.79 Å². The molecule has 0 fully saturated rings. The van der Waals surface area contributed by atoms with E-state index in [2.05, 4.69) is 15.3 Å². The Morgan fingerprint density at radius 2 is 2.20 bits per heavy atom. The first-order valence-corrected chi connectivity index (χ1v) is 4.64. The number of aromatic amines is 1. The number of rotatable bonds is 2. The Kier molecular flexibility index (Phi) is 2.49. The number of pyridine rings is 2.